The van der Waals surface area contributed by atoms with Gasteiger partial charge in [0.15, 0.2) is 0 Å². The molecule has 0 aliphatic carbocycles. The quantitative estimate of drug-likeness (QED) is 0.871. The van der Waals surface area contributed by atoms with Crippen LogP contribution in [-0.2, 0) is 10.9 Å². The number of hydrogen-bond donors (Lipinski definition) is 1. The summed E-state index contributed by atoms with van der Waals surface area (Å²) >= 11 is 3.05. The van der Waals surface area contributed by atoms with Crippen molar-refractivity contribution >= 4 is 21.6 Å². The van der Waals surface area contributed by atoms with Crippen LogP contribution in [0, 0.1) is 0 Å². The monoisotopic (exact) mass is 325 g/mol. The lowest BCUT2D eigenvalue weighted by Gasteiger charge is -2.21. The van der Waals surface area contributed by atoms with Crippen molar-refractivity contribution in [3.63, 3.8) is 0 Å². The molecule has 0 saturated heterocycles. The average Bonchev–Trinajstić information content (AvgIpc) is 2.29. The molecule has 0 saturated carbocycles. The Bertz CT molecular complexity index is 395. The lowest BCUT2D eigenvalue weighted by atomic mass is 10.1. The number of nitrogens with one attached hydrogen (secondary N) is 1. The highest BCUT2D eigenvalue weighted by molar-refractivity contribution is 9.10. The van der Waals surface area contributed by atoms with Crippen molar-refractivity contribution in [1.82, 2.24) is 0 Å². The molecule has 0 aliphatic rings. The van der Waals surface area contributed by atoms with E-state index in [2.05, 4.69) is 21.2 Å². The van der Waals surface area contributed by atoms with Gasteiger partial charge in [-0.05, 0) is 24.6 Å². The van der Waals surface area contributed by atoms with Crippen LogP contribution >= 0.6 is 15.9 Å². The van der Waals surface area contributed by atoms with E-state index in [1.54, 1.807) is 6.07 Å². The smallest absolute Gasteiger partial charge is 0.383 e. The van der Waals surface area contributed by atoms with E-state index in [0.717, 1.165) is 6.07 Å². The largest absolute Gasteiger partial charge is 0.418 e. The van der Waals surface area contributed by atoms with Crippen LogP contribution in [0.4, 0.5) is 18.9 Å². The molecular weight excluding hydrogens is 311 g/mol. The fourth-order valence-electron chi connectivity index (χ4n) is 1.56. The Kier molecular flexibility index (Phi) is 5.47. The molecule has 1 N–H and O–H groups in total. The van der Waals surface area contributed by atoms with E-state index in [1.807, 2.05) is 6.92 Å². The number of rotatable bonds is 5. The zero-order valence-electron chi connectivity index (χ0n) is 10.1. The van der Waals surface area contributed by atoms with Gasteiger partial charge in [0.05, 0.1) is 12.2 Å². The normalized spacial score (nSPS) is 13.4. The van der Waals surface area contributed by atoms with Crippen LogP contribution in [0.1, 0.15) is 18.9 Å². The fourth-order valence-corrected chi connectivity index (χ4v) is 1.92. The Balaban J connectivity index is 3.01. The van der Waals surface area contributed by atoms with Crippen LogP contribution in [0.3, 0.4) is 0 Å². The van der Waals surface area contributed by atoms with Crippen molar-refractivity contribution in [2.75, 3.05) is 19.0 Å². The molecule has 2 nitrogen and oxygen atoms in total. The Hall–Kier alpha value is -0.750. The van der Waals surface area contributed by atoms with Gasteiger partial charge in [0.2, 0.25) is 0 Å². The Morgan fingerprint density at radius 2 is 2.06 bits per heavy atom. The summed E-state index contributed by atoms with van der Waals surface area (Å²) in [7, 11) is 1.52. The summed E-state index contributed by atoms with van der Waals surface area (Å²) < 4.78 is 44.0. The predicted octanol–water partition coefficient (Wildman–Crippen LogP) is 4.30. The van der Waals surface area contributed by atoms with Crippen LogP contribution in [0.25, 0.3) is 0 Å². The maximum atomic E-state index is 12.9. The summed E-state index contributed by atoms with van der Waals surface area (Å²) in [6.45, 7) is 2.26. The number of anilines is 1. The van der Waals surface area contributed by atoms with Gasteiger partial charge >= 0.3 is 6.18 Å². The lowest BCUT2D eigenvalue weighted by Crippen LogP contribution is -2.25. The predicted molar refractivity (Wildman–Crippen MR) is 68.7 cm³/mol. The van der Waals surface area contributed by atoms with E-state index in [9.17, 15) is 13.2 Å². The van der Waals surface area contributed by atoms with Crippen LogP contribution in [0.15, 0.2) is 22.7 Å². The van der Waals surface area contributed by atoms with Crippen molar-refractivity contribution in [2.24, 2.45) is 0 Å². The second kappa shape index (κ2) is 6.43. The van der Waals surface area contributed by atoms with Gasteiger partial charge < -0.3 is 10.1 Å². The minimum atomic E-state index is -4.38. The standard InChI is InChI=1S/C12H15BrF3NO/c1-3-9(7-18-2)17-11-5-4-8(13)6-10(11)12(14,15)16/h4-6,9,17H,3,7H2,1-2H3. The molecule has 18 heavy (non-hydrogen) atoms. The first kappa shape index (κ1) is 15.3. The first-order valence-corrected chi connectivity index (χ1v) is 6.30. The molecule has 1 aromatic carbocycles. The average molecular weight is 326 g/mol. The first-order valence-electron chi connectivity index (χ1n) is 5.50. The second-order valence-electron chi connectivity index (χ2n) is 3.89. The molecule has 1 unspecified atom stereocenters. The highest BCUT2D eigenvalue weighted by Gasteiger charge is 2.34. The number of methoxy groups -OCH3 is 1. The van der Waals surface area contributed by atoms with Gasteiger partial charge in [-0.25, -0.2) is 0 Å². The zero-order chi connectivity index (χ0) is 13.8. The Labute approximate surface area is 113 Å². The van der Waals surface area contributed by atoms with E-state index >= 15 is 0 Å². The Morgan fingerprint density at radius 1 is 1.39 bits per heavy atom. The molecule has 1 atom stereocenters. The molecule has 0 bridgehead atoms. The first-order chi connectivity index (χ1) is 8.38. The molecule has 0 spiro atoms. The number of ether oxygens (including phenoxy) is 1. The van der Waals surface area contributed by atoms with Gasteiger partial charge in [0, 0.05) is 23.3 Å². The number of benzene rings is 1. The minimum absolute atomic E-state index is 0.0783. The van der Waals surface area contributed by atoms with E-state index in [0.29, 0.717) is 17.5 Å². The van der Waals surface area contributed by atoms with Gasteiger partial charge in [-0.1, -0.05) is 22.9 Å². The van der Waals surface area contributed by atoms with Crippen LogP contribution in [-0.4, -0.2) is 19.8 Å². The van der Waals surface area contributed by atoms with Crippen molar-refractivity contribution < 1.29 is 17.9 Å². The fraction of sp³-hybridized carbons (Fsp3) is 0.500. The third-order valence-electron chi connectivity index (χ3n) is 2.51. The van der Waals surface area contributed by atoms with Crippen LogP contribution < -0.4 is 5.32 Å². The summed E-state index contributed by atoms with van der Waals surface area (Å²) in [6, 6.07) is 3.93. The highest BCUT2D eigenvalue weighted by atomic mass is 79.9. The lowest BCUT2D eigenvalue weighted by molar-refractivity contribution is -0.137. The molecule has 1 aromatic rings. The van der Waals surface area contributed by atoms with E-state index < -0.39 is 11.7 Å². The van der Waals surface area contributed by atoms with Gasteiger partial charge in [0.25, 0.3) is 0 Å². The summed E-state index contributed by atoms with van der Waals surface area (Å²) in [5.41, 5.74) is -0.596. The zero-order valence-corrected chi connectivity index (χ0v) is 11.7. The van der Waals surface area contributed by atoms with E-state index in [4.69, 9.17) is 4.74 Å². The molecule has 6 heteroatoms. The molecule has 0 heterocycles. The van der Waals surface area contributed by atoms with E-state index in [1.165, 1.54) is 13.2 Å². The summed E-state index contributed by atoms with van der Waals surface area (Å²) in [6.07, 6.45) is -3.70. The van der Waals surface area contributed by atoms with Crippen molar-refractivity contribution in [3.05, 3.63) is 28.2 Å². The van der Waals surface area contributed by atoms with Crippen molar-refractivity contribution in [2.45, 2.75) is 25.6 Å². The van der Waals surface area contributed by atoms with Gasteiger partial charge in [-0.15, -0.1) is 0 Å². The van der Waals surface area contributed by atoms with Gasteiger partial charge in [-0.3, -0.25) is 0 Å². The highest BCUT2D eigenvalue weighted by Crippen LogP contribution is 2.36. The third kappa shape index (κ3) is 4.17. The molecule has 0 aromatic heterocycles. The molecule has 1 rings (SSSR count). The maximum absolute atomic E-state index is 12.9. The topological polar surface area (TPSA) is 21.3 Å². The Morgan fingerprint density at radius 3 is 2.56 bits per heavy atom. The summed E-state index contributed by atoms with van der Waals surface area (Å²) in [5.74, 6) is 0. The van der Waals surface area contributed by atoms with Crippen molar-refractivity contribution in [1.29, 1.82) is 0 Å². The van der Waals surface area contributed by atoms with Crippen LogP contribution in [0.2, 0.25) is 0 Å². The third-order valence-corrected chi connectivity index (χ3v) is 3.00. The SMILES string of the molecule is CCC(COC)Nc1ccc(Br)cc1C(F)(F)F. The van der Waals surface area contributed by atoms with Gasteiger partial charge in [-0.2, -0.15) is 13.2 Å². The second-order valence-corrected chi connectivity index (χ2v) is 4.81. The molecule has 0 radical (unpaired) electrons. The number of hydrogen-bond acceptors (Lipinski definition) is 2. The molecule has 0 fully saturated rings. The van der Waals surface area contributed by atoms with Crippen molar-refractivity contribution in [3.8, 4) is 0 Å². The number of halogens is 4. The maximum Gasteiger partial charge on any atom is 0.418 e. The molecular formula is C12H15BrF3NO. The summed E-state index contributed by atoms with van der Waals surface area (Å²) in [5, 5.41) is 2.87. The molecule has 0 amide bonds. The molecule has 102 valence electrons. The number of alkyl halides is 3. The minimum Gasteiger partial charge on any atom is -0.383 e. The van der Waals surface area contributed by atoms with E-state index in [-0.39, 0.29) is 11.7 Å². The molecule has 0 aliphatic heterocycles. The van der Waals surface area contributed by atoms with Crippen LogP contribution in [0.5, 0.6) is 0 Å². The van der Waals surface area contributed by atoms with Gasteiger partial charge in [0.1, 0.15) is 0 Å². The summed E-state index contributed by atoms with van der Waals surface area (Å²) in [4.78, 5) is 0.